The van der Waals surface area contributed by atoms with Crippen LogP contribution in [-0.4, -0.2) is 61.5 Å². The smallest absolute Gasteiger partial charge is 0.490 e. The van der Waals surface area contributed by atoms with Crippen molar-refractivity contribution in [1.29, 1.82) is 0 Å². The van der Waals surface area contributed by atoms with Crippen LogP contribution in [-0.2, 0) is 16.1 Å². The predicted octanol–water partition coefficient (Wildman–Crippen LogP) is 3.04. The highest BCUT2D eigenvalue weighted by Crippen LogP contribution is 2.27. The number of alkyl halides is 3. The molecule has 0 radical (unpaired) electrons. The van der Waals surface area contributed by atoms with E-state index in [4.69, 9.17) is 15.2 Å². The minimum absolute atomic E-state index is 0.0391. The maximum atomic E-state index is 12.7. The summed E-state index contributed by atoms with van der Waals surface area (Å²) in [5, 5.41) is 8.54. The molecule has 0 unspecified atom stereocenters. The lowest BCUT2D eigenvalue weighted by molar-refractivity contribution is -0.212. The molecule has 0 spiro atoms. The summed E-state index contributed by atoms with van der Waals surface area (Å²) in [5.41, 5.74) is 5.71. The van der Waals surface area contributed by atoms with Crippen molar-refractivity contribution in [3.05, 3.63) is 59.3 Å². The number of aromatic nitrogens is 6. The second-order valence-electron chi connectivity index (χ2n) is 9.10. The van der Waals surface area contributed by atoms with Crippen LogP contribution in [0.3, 0.4) is 0 Å². The molecule has 1 aromatic carbocycles. The molecular weight excluding hydrogens is 535 g/mol. The number of anilines is 1. The Balaban J connectivity index is 1.65. The average Bonchev–Trinajstić information content (AvgIpc) is 3.35. The largest absolute Gasteiger partial charge is 0.497 e. The first-order valence-electron chi connectivity index (χ1n) is 11.6. The summed E-state index contributed by atoms with van der Waals surface area (Å²) in [6.07, 6.45) is -0.803. The number of ether oxygens (including phenoxy) is 3. The van der Waals surface area contributed by atoms with Gasteiger partial charge in [0.1, 0.15) is 28.5 Å². The highest BCUT2D eigenvalue weighted by Gasteiger charge is 2.44. The minimum atomic E-state index is -5.11. The quantitative estimate of drug-likeness (QED) is 0.319. The number of rotatable bonds is 8. The highest BCUT2D eigenvalue weighted by atomic mass is 19.4. The van der Waals surface area contributed by atoms with Gasteiger partial charge in [-0.15, -0.1) is 0 Å². The summed E-state index contributed by atoms with van der Waals surface area (Å²) in [4.78, 5) is 32.6. The van der Waals surface area contributed by atoms with Gasteiger partial charge in [0.15, 0.2) is 5.82 Å². The predicted molar refractivity (Wildman–Crippen MR) is 136 cm³/mol. The number of carbonyl (C=O) groups excluding carboxylic acids is 1. The summed E-state index contributed by atoms with van der Waals surface area (Å²) in [6, 6.07) is 7.60. The summed E-state index contributed by atoms with van der Waals surface area (Å²) in [6.45, 7) is 2.50. The molecule has 0 aliphatic rings. The molecule has 0 saturated heterocycles. The molecule has 40 heavy (non-hydrogen) atoms. The number of halogens is 3. The lowest BCUT2D eigenvalue weighted by atomic mass is 10.1. The van der Waals surface area contributed by atoms with Crippen LogP contribution in [0.5, 0.6) is 11.5 Å². The van der Waals surface area contributed by atoms with E-state index in [-0.39, 0.29) is 23.8 Å². The van der Waals surface area contributed by atoms with E-state index in [2.05, 4.69) is 24.9 Å². The van der Waals surface area contributed by atoms with Gasteiger partial charge in [-0.05, 0) is 19.9 Å². The van der Waals surface area contributed by atoms with Gasteiger partial charge in [-0.1, -0.05) is 0 Å². The summed E-state index contributed by atoms with van der Waals surface area (Å²) >= 11 is 0. The Morgan fingerprint density at radius 1 is 1.02 bits per heavy atom. The zero-order valence-corrected chi connectivity index (χ0v) is 21.8. The molecule has 4 aromatic rings. The SMILES string of the molecule is COc1cc(OC)cc(-n2nc(-c3nc(-c4cnn(CC(C)(C)OC(=O)C(F)(F)F)c4)cnc3N)ccc2=O)c1. The van der Waals surface area contributed by atoms with Crippen molar-refractivity contribution < 1.29 is 32.2 Å². The number of hydrogen-bond donors (Lipinski definition) is 1. The zero-order chi connectivity index (χ0) is 29.2. The Morgan fingerprint density at radius 3 is 2.33 bits per heavy atom. The van der Waals surface area contributed by atoms with Gasteiger partial charge in [-0.3, -0.25) is 9.48 Å². The fourth-order valence-electron chi connectivity index (χ4n) is 3.68. The number of hydrogen-bond acceptors (Lipinski definition) is 10. The topological polar surface area (TPSA) is 149 Å². The summed E-state index contributed by atoms with van der Waals surface area (Å²) in [7, 11) is 2.95. The van der Waals surface area contributed by atoms with Gasteiger partial charge in [0.05, 0.1) is 44.5 Å². The number of nitrogens with zero attached hydrogens (tertiary/aromatic N) is 6. The van der Waals surface area contributed by atoms with Crippen molar-refractivity contribution >= 4 is 11.8 Å². The Bertz CT molecular complexity index is 1590. The lowest BCUT2D eigenvalue weighted by Crippen LogP contribution is -2.38. The van der Waals surface area contributed by atoms with Crippen LogP contribution in [0.15, 0.2) is 53.7 Å². The van der Waals surface area contributed by atoms with E-state index in [1.807, 2.05) is 0 Å². The molecule has 2 N–H and O–H groups in total. The van der Waals surface area contributed by atoms with E-state index in [1.54, 1.807) is 18.2 Å². The van der Waals surface area contributed by atoms with E-state index in [1.165, 1.54) is 63.5 Å². The van der Waals surface area contributed by atoms with Crippen LogP contribution in [0.1, 0.15) is 13.8 Å². The average molecular weight is 560 g/mol. The molecule has 3 heterocycles. The standard InChI is InChI=1S/C25H24F3N7O5/c1-24(2,40-23(37)25(26,27)28)13-34-12-14(10-31-34)19-11-30-22(29)21(32-19)18-5-6-20(36)35(33-18)15-7-16(38-3)9-17(8-15)39-4/h5-12H,13H2,1-4H3,(H2,29,30). The Kier molecular flexibility index (Phi) is 7.48. The first kappa shape index (κ1) is 28.1. The van der Waals surface area contributed by atoms with Crippen LogP contribution in [0.25, 0.3) is 28.3 Å². The zero-order valence-electron chi connectivity index (χ0n) is 21.8. The molecular formula is C25H24F3N7O5. The third kappa shape index (κ3) is 6.19. The second kappa shape index (κ2) is 10.7. The van der Waals surface area contributed by atoms with Crippen molar-refractivity contribution in [3.63, 3.8) is 0 Å². The van der Waals surface area contributed by atoms with Crippen LogP contribution in [0.2, 0.25) is 0 Å². The molecule has 0 fully saturated rings. The van der Waals surface area contributed by atoms with Crippen molar-refractivity contribution in [2.45, 2.75) is 32.2 Å². The lowest BCUT2D eigenvalue weighted by Gasteiger charge is -2.25. The summed E-state index contributed by atoms with van der Waals surface area (Å²) in [5.74, 6) is -1.36. The molecule has 0 saturated carbocycles. The van der Waals surface area contributed by atoms with Crippen LogP contribution < -0.4 is 20.8 Å². The van der Waals surface area contributed by atoms with Crippen molar-refractivity contribution in [3.8, 4) is 39.8 Å². The first-order chi connectivity index (χ1) is 18.8. The maximum absolute atomic E-state index is 12.7. The number of carbonyl (C=O) groups is 1. The third-order valence-corrected chi connectivity index (χ3v) is 5.50. The van der Waals surface area contributed by atoms with Gasteiger partial charge in [0.25, 0.3) is 5.56 Å². The Morgan fingerprint density at radius 2 is 1.70 bits per heavy atom. The van der Waals surface area contributed by atoms with Crippen molar-refractivity contribution in [1.82, 2.24) is 29.5 Å². The van der Waals surface area contributed by atoms with E-state index >= 15 is 0 Å². The van der Waals surface area contributed by atoms with Gasteiger partial charge < -0.3 is 19.9 Å². The molecule has 12 nitrogen and oxygen atoms in total. The number of methoxy groups -OCH3 is 2. The number of benzene rings is 1. The van der Waals surface area contributed by atoms with Gasteiger partial charge in [0, 0.05) is 36.0 Å². The van der Waals surface area contributed by atoms with Crippen molar-refractivity contribution in [2.24, 2.45) is 0 Å². The normalized spacial score (nSPS) is 11.8. The maximum Gasteiger partial charge on any atom is 0.490 e. The van der Waals surface area contributed by atoms with Crippen LogP contribution in [0, 0.1) is 0 Å². The number of esters is 1. The fraction of sp³-hybridized carbons (Fsp3) is 0.280. The van der Waals surface area contributed by atoms with E-state index in [9.17, 15) is 22.8 Å². The van der Waals surface area contributed by atoms with Gasteiger partial charge in [-0.25, -0.2) is 14.8 Å². The monoisotopic (exact) mass is 559 g/mol. The third-order valence-electron chi connectivity index (χ3n) is 5.50. The highest BCUT2D eigenvalue weighted by molar-refractivity contribution is 5.76. The second-order valence-corrected chi connectivity index (χ2v) is 9.10. The van der Waals surface area contributed by atoms with Crippen LogP contribution >= 0.6 is 0 Å². The molecule has 4 rings (SSSR count). The molecule has 210 valence electrons. The Labute approximate surface area is 225 Å². The van der Waals surface area contributed by atoms with Gasteiger partial charge >= 0.3 is 12.1 Å². The molecule has 0 atom stereocenters. The van der Waals surface area contributed by atoms with E-state index in [0.717, 1.165) is 4.68 Å². The molecule has 0 aliphatic heterocycles. The first-order valence-corrected chi connectivity index (χ1v) is 11.6. The van der Waals surface area contributed by atoms with E-state index < -0.39 is 23.3 Å². The van der Waals surface area contributed by atoms with Crippen LogP contribution in [0.4, 0.5) is 19.0 Å². The molecule has 3 aromatic heterocycles. The number of nitrogen functional groups attached to an aromatic ring is 1. The molecule has 0 aliphatic carbocycles. The summed E-state index contributed by atoms with van der Waals surface area (Å²) < 4.78 is 55.4. The van der Waals surface area contributed by atoms with Gasteiger partial charge in [-0.2, -0.15) is 28.1 Å². The fourth-order valence-corrected chi connectivity index (χ4v) is 3.68. The Hall–Kier alpha value is -4.95. The molecule has 15 heteroatoms. The number of nitrogens with two attached hydrogens (primary N) is 1. The minimum Gasteiger partial charge on any atom is -0.497 e. The molecule has 0 amide bonds. The molecule has 0 bridgehead atoms. The van der Waals surface area contributed by atoms with Gasteiger partial charge in [0.2, 0.25) is 0 Å². The van der Waals surface area contributed by atoms with E-state index in [0.29, 0.717) is 28.4 Å². The van der Waals surface area contributed by atoms with Crippen molar-refractivity contribution in [2.75, 3.05) is 20.0 Å².